The molecule has 1 aliphatic heterocycles. The van der Waals surface area contributed by atoms with E-state index in [1.165, 1.54) is 58.2 Å². The van der Waals surface area contributed by atoms with Crippen LogP contribution in [0.5, 0.6) is 0 Å². The molecule has 2 atom stereocenters. The lowest BCUT2D eigenvalue weighted by Gasteiger charge is -2.36. The van der Waals surface area contributed by atoms with Crippen LogP contribution in [-0.4, -0.2) is 30.6 Å². The molecule has 20 heavy (non-hydrogen) atoms. The Morgan fingerprint density at radius 1 is 1.05 bits per heavy atom. The third-order valence-corrected chi connectivity index (χ3v) is 5.43. The van der Waals surface area contributed by atoms with E-state index < -0.39 is 0 Å². The van der Waals surface area contributed by atoms with Crippen molar-refractivity contribution >= 4 is 0 Å². The molecular weight excluding hydrogens is 244 g/mol. The van der Waals surface area contributed by atoms with E-state index in [4.69, 9.17) is 0 Å². The van der Waals surface area contributed by atoms with Crippen LogP contribution in [0.1, 0.15) is 49.3 Å². The molecule has 2 aliphatic carbocycles. The monoisotopic (exact) mass is 270 g/mol. The zero-order chi connectivity index (χ0) is 13.4. The van der Waals surface area contributed by atoms with Crippen molar-refractivity contribution in [3.8, 4) is 0 Å². The summed E-state index contributed by atoms with van der Waals surface area (Å²) in [7, 11) is 0. The lowest BCUT2D eigenvalue weighted by molar-refractivity contribution is 0.171. The van der Waals surface area contributed by atoms with Gasteiger partial charge in [0.2, 0.25) is 0 Å². The van der Waals surface area contributed by atoms with Gasteiger partial charge in [-0.3, -0.25) is 4.90 Å². The molecule has 2 unspecified atom stereocenters. The maximum Gasteiger partial charge on any atom is 0.0351 e. The first-order valence-corrected chi connectivity index (χ1v) is 8.47. The third kappa shape index (κ3) is 2.51. The number of nitrogens with zero attached hydrogens (tertiary/aromatic N) is 1. The fraction of sp³-hybridized carbons (Fsp3) is 0.667. The van der Waals surface area contributed by atoms with Gasteiger partial charge in [-0.05, 0) is 62.1 Å². The lowest BCUT2D eigenvalue weighted by atomic mass is 9.86. The summed E-state index contributed by atoms with van der Waals surface area (Å²) in [5.41, 5.74) is 3.22. The second-order valence-electron chi connectivity index (χ2n) is 6.85. The SMILES string of the molecule is c1ccc2c(c1)CCCC2N1CCCNC(C2CC2)C1. The van der Waals surface area contributed by atoms with Crippen LogP contribution in [0.4, 0.5) is 0 Å². The van der Waals surface area contributed by atoms with Gasteiger partial charge >= 0.3 is 0 Å². The molecule has 1 aromatic rings. The first-order valence-electron chi connectivity index (χ1n) is 8.47. The highest BCUT2D eigenvalue weighted by atomic mass is 15.2. The number of aryl methyl sites for hydroxylation is 1. The Balaban J connectivity index is 1.56. The minimum absolute atomic E-state index is 0.682. The highest BCUT2D eigenvalue weighted by molar-refractivity contribution is 5.32. The van der Waals surface area contributed by atoms with Gasteiger partial charge < -0.3 is 5.32 Å². The number of rotatable bonds is 2. The van der Waals surface area contributed by atoms with Crippen molar-refractivity contribution in [3.05, 3.63) is 35.4 Å². The average molecular weight is 270 g/mol. The maximum absolute atomic E-state index is 3.79. The standard InChI is InChI=1S/C18H26N2/c1-2-7-16-14(5-1)6-3-8-18(16)20-12-4-11-19-17(13-20)15-9-10-15/h1-2,5,7,15,17-19H,3-4,6,8-13H2. The first-order chi connectivity index (χ1) is 9.92. The molecule has 2 fully saturated rings. The number of fused-ring (bicyclic) bond motifs is 1. The van der Waals surface area contributed by atoms with Crippen molar-refractivity contribution in [2.75, 3.05) is 19.6 Å². The fourth-order valence-corrected chi connectivity index (χ4v) is 4.18. The summed E-state index contributed by atoms with van der Waals surface area (Å²) in [6.07, 6.45) is 8.21. The smallest absolute Gasteiger partial charge is 0.0351 e. The Morgan fingerprint density at radius 2 is 1.95 bits per heavy atom. The summed E-state index contributed by atoms with van der Waals surface area (Å²) in [5.74, 6) is 0.967. The topological polar surface area (TPSA) is 15.3 Å². The van der Waals surface area contributed by atoms with Gasteiger partial charge in [-0.2, -0.15) is 0 Å². The Morgan fingerprint density at radius 3 is 2.85 bits per heavy atom. The number of hydrogen-bond acceptors (Lipinski definition) is 2. The van der Waals surface area contributed by atoms with Crippen LogP contribution in [0.25, 0.3) is 0 Å². The zero-order valence-corrected chi connectivity index (χ0v) is 12.4. The van der Waals surface area contributed by atoms with Crippen molar-refractivity contribution in [2.24, 2.45) is 5.92 Å². The number of benzene rings is 1. The van der Waals surface area contributed by atoms with Crippen LogP contribution in [0.15, 0.2) is 24.3 Å². The number of hydrogen-bond donors (Lipinski definition) is 1. The van der Waals surface area contributed by atoms with E-state index in [0.29, 0.717) is 6.04 Å². The van der Waals surface area contributed by atoms with E-state index in [-0.39, 0.29) is 0 Å². The van der Waals surface area contributed by atoms with Gasteiger partial charge in [0.15, 0.2) is 0 Å². The van der Waals surface area contributed by atoms with Crippen molar-refractivity contribution < 1.29 is 0 Å². The van der Waals surface area contributed by atoms with Gasteiger partial charge in [0, 0.05) is 25.2 Å². The predicted molar refractivity (Wildman–Crippen MR) is 82.8 cm³/mol. The van der Waals surface area contributed by atoms with Crippen LogP contribution in [0.2, 0.25) is 0 Å². The molecule has 0 bridgehead atoms. The van der Waals surface area contributed by atoms with Gasteiger partial charge in [-0.1, -0.05) is 24.3 Å². The predicted octanol–water partition coefficient (Wildman–Crippen LogP) is 3.14. The van der Waals surface area contributed by atoms with Crippen molar-refractivity contribution in [1.29, 1.82) is 0 Å². The summed E-state index contributed by atoms with van der Waals surface area (Å²) in [6.45, 7) is 3.75. The van der Waals surface area contributed by atoms with Crippen LogP contribution in [-0.2, 0) is 6.42 Å². The Bertz CT molecular complexity index is 466. The van der Waals surface area contributed by atoms with E-state index in [1.54, 1.807) is 11.1 Å². The van der Waals surface area contributed by atoms with Crippen LogP contribution in [0, 0.1) is 5.92 Å². The first kappa shape index (κ1) is 12.8. The van der Waals surface area contributed by atoms with Crippen molar-refractivity contribution in [3.63, 3.8) is 0 Å². The van der Waals surface area contributed by atoms with Crippen LogP contribution in [0.3, 0.4) is 0 Å². The van der Waals surface area contributed by atoms with Gasteiger partial charge in [-0.15, -0.1) is 0 Å². The molecule has 0 spiro atoms. The summed E-state index contributed by atoms with van der Waals surface area (Å²) in [5, 5.41) is 3.79. The molecule has 2 heteroatoms. The number of nitrogens with one attached hydrogen (secondary N) is 1. The maximum atomic E-state index is 3.79. The van der Waals surface area contributed by atoms with Crippen molar-refractivity contribution in [1.82, 2.24) is 10.2 Å². The van der Waals surface area contributed by atoms with E-state index >= 15 is 0 Å². The molecule has 1 N–H and O–H groups in total. The average Bonchev–Trinajstić information content (AvgIpc) is 3.32. The van der Waals surface area contributed by atoms with Crippen molar-refractivity contribution in [2.45, 2.75) is 50.6 Å². The second kappa shape index (κ2) is 5.50. The minimum atomic E-state index is 0.682. The molecule has 3 aliphatic rings. The van der Waals surface area contributed by atoms with Crippen LogP contribution >= 0.6 is 0 Å². The molecule has 0 aromatic heterocycles. The summed E-state index contributed by atoms with van der Waals surface area (Å²) < 4.78 is 0. The van der Waals surface area contributed by atoms with Gasteiger partial charge in [0.05, 0.1) is 0 Å². The Labute approximate surface area is 122 Å². The molecule has 1 saturated carbocycles. The second-order valence-corrected chi connectivity index (χ2v) is 6.85. The van der Waals surface area contributed by atoms with Gasteiger partial charge in [0.1, 0.15) is 0 Å². The lowest BCUT2D eigenvalue weighted by Crippen LogP contribution is -2.41. The van der Waals surface area contributed by atoms with Gasteiger partial charge in [0.25, 0.3) is 0 Å². The summed E-state index contributed by atoms with van der Waals surface area (Å²) in [4.78, 5) is 2.79. The highest BCUT2D eigenvalue weighted by Gasteiger charge is 2.35. The molecule has 0 amide bonds. The van der Waals surface area contributed by atoms with E-state index in [9.17, 15) is 0 Å². The molecule has 0 radical (unpaired) electrons. The molecular formula is C18H26N2. The normalized spacial score (nSPS) is 31.6. The fourth-order valence-electron chi connectivity index (χ4n) is 4.18. The molecule has 1 heterocycles. The minimum Gasteiger partial charge on any atom is -0.312 e. The molecule has 4 rings (SSSR count). The van der Waals surface area contributed by atoms with Crippen LogP contribution < -0.4 is 5.32 Å². The quantitative estimate of drug-likeness (QED) is 0.888. The summed E-state index contributed by atoms with van der Waals surface area (Å²) in [6, 6.07) is 10.6. The molecule has 1 saturated heterocycles. The molecule has 2 nitrogen and oxygen atoms in total. The third-order valence-electron chi connectivity index (χ3n) is 5.43. The Kier molecular flexibility index (Phi) is 3.53. The molecule has 108 valence electrons. The summed E-state index contributed by atoms with van der Waals surface area (Å²) >= 11 is 0. The Hall–Kier alpha value is -0.860. The van der Waals surface area contributed by atoms with Gasteiger partial charge in [-0.25, -0.2) is 0 Å². The van der Waals surface area contributed by atoms with E-state index in [0.717, 1.165) is 12.0 Å². The highest BCUT2D eigenvalue weighted by Crippen LogP contribution is 2.38. The largest absolute Gasteiger partial charge is 0.312 e. The molecule has 1 aromatic carbocycles. The van der Waals surface area contributed by atoms with E-state index in [1.807, 2.05) is 0 Å². The van der Waals surface area contributed by atoms with E-state index in [2.05, 4.69) is 34.5 Å². The zero-order valence-electron chi connectivity index (χ0n) is 12.4.